The summed E-state index contributed by atoms with van der Waals surface area (Å²) in [4.78, 5) is 10.8. The van der Waals surface area contributed by atoms with Gasteiger partial charge in [0, 0.05) is 46.6 Å². The van der Waals surface area contributed by atoms with Crippen LogP contribution in [0.15, 0.2) is 59.1 Å². The molecule has 12 heteroatoms. The summed E-state index contributed by atoms with van der Waals surface area (Å²) in [7, 11) is 6.64. The van der Waals surface area contributed by atoms with Gasteiger partial charge < -0.3 is 33.7 Å². The van der Waals surface area contributed by atoms with Gasteiger partial charge in [0.05, 0.1) is 25.7 Å². The molecule has 0 fully saturated rings. The van der Waals surface area contributed by atoms with E-state index in [2.05, 4.69) is 20.9 Å². The van der Waals surface area contributed by atoms with Gasteiger partial charge in [0.1, 0.15) is 18.8 Å². The number of halogens is 3. The van der Waals surface area contributed by atoms with Gasteiger partial charge in [-0.05, 0) is 56.4 Å². The zero-order valence-corrected chi connectivity index (χ0v) is 26.7. The molecule has 0 radical (unpaired) electrons. The lowest BCUT2D eigenvalue weighted by atomic mass is 9.71. The van der Waals surface area contributed by atoms with Crippen molar-refractivity contribution in [1.82, 2.24) is 14.9 Å². The first kappa shape index (κ1) is 31.7. The maximum atomic E-state index is 14.1. The molecule has 0 amide bonds. The maximum Gasteiger partial charge on any atom is 0.396 e. The SMILES string of the molecule is COc1cc(C(O)(CCN(C)C)C(c2cc3cc(Br)ccc3nc2OC)c2cccc3c2OCCO3)cc(OC(C)(F)F)n1. The first-order valence-electron chi connectivity index (χ1n) is 13.9. The van der Waals surface area contributed by atoms with Crippen LogP contribution in [0.4, 0.5) is 8.78 Å². The molecule has 0 saturated carbocycles. The Morgan fingerprint density at radius 1 is 0.977 bits per heavy atom. The van der Waals surface area contributed by atoms with Crippen molar-refractivity contribution < 1.29 is 37.6 Å². The zero-order chi connectivity index (χ0) is 31.6. The monoisotopic (exact) mass is 673 g/mol. The third-order valence-corrected chi connectivity index (χ3v) is 7.86. The van der Waals surface area contributed by atoms with E-state index in [0.29, 0.717) is 54.8 Å². The molecule has 4 aromatic rings. The molecule has 1 aliphatic heterocycles. The molecule has 2 atom stereocenters. The van der Waals surface area contributed by atoms with Gasteiger partial charge in [-0.25, -0.2) is 4.98 Å². The fraction of sp³-hybridized carbons (Fsp3) is 0.375. The van der Waals surface area contributed by atoms with Crippen LogP contribution in [0.2, 0.25) is 0 Å². The van der Waals surface area contributed by atoms with Crippen LogP contribution >= 0.6 is 15.9 Å². The van der Waals surface area contributed by atoms with Crippen LogP contribution < -0.4 is 23.7 Å². The number of hydrogen-bond acceptors (Lipinski definition) is 9. The van der Waals surface area contributed by atoms with Crippen molar-refractivity contribution >= 4 is 26.8 Å². The van der Waals surface area contributed by atoms with Crippen molar-refractivity contribution in [3.05, 3.63) is 75.8 Å². The zero-order valence-electron chi connectivity index (χ0n) is 25.1. The average molecular weight is 675 g/mol. The molecule has 0 saturated heterocycles. The van der Waals surface area contributed by atoms with Crippen LogP contribution in [0, 0.1) is 0 Å². The summed E-state index contributed by atoms with van der Waals surface area (Å²) in [6.07, 6.45) is -3.38. The van der Waals surface area contributed by atoms with Crippen molar-refractivity contribution in [3.8, 4) is 29.1 Å². The highest BCUT2D eigenvalue weighted by Gasteiger charge is 2.45. The molecule has 3 heterocycles. The molecular weight excluding hydrogens is 640 g/mol. The standard InChI is InChI=1S/C32H34BrF2N3O6/c1-31(34,35)44-27-18-20(17-26(37-27)40-4)32(39,11-12-38(2)3)28(22-7-6-8-25-29(22)43-14-13-42-25)23-16-19-15-21(33)9-10-24(19)36-30(23)41-5/h6-10,15-18,28,39H,11-14H2,1-5H3. The number of para-hydroxylation sites is 1. The van der Waals surface area contributed by atoms with Gasteiger partial charge in [-0.15, -0.1) is 0 Å². The molecule has 2 aromatic heterocycles. The van der Waals surface area contributed by atoms with Gasteiger partial charge in [0.2, 0.25) is 17.6 Å². The number of pyridine rings is 2. The highest BCUT2D eigenvalue weighted by molar-refractivity contribution is 9.10. The molecule has 0 bridgehead atoms. The van der Waals surface area contributed by atoms with Gasteiger partial charge in [-0.3, -0.25) is 0 Å². The summed E-state index contributed by atoms with van der Waals surface area (Å²) in [6.45, 7) is 1.71. The van der Waals surface area contributed by atoms with Crippen LogP contribution in [0.3, 0.4) is 0 Å². The molecule has 2 aromatic carbocycles. The normalized spacial score (nSPS) is 15.1. The summed E-state index contributed by atoms with van der Waals surface area (Å²) >= 11 is 3.54. The molecule has 9 nitrogen and oxygen atoms in total. The molecule has 2 unspecified atom stereocenters. The van der Waals surface area contributed by atoms with E-state index in [1.165, 1.54) is 26.4 Å². The number of aliphatic hydroxyl groups is 1. The van der Waals surface area contributed by atoms with Crippen molar-refractivity contribution in [1.29, 1.82) is 0 Å². The van der Waals surface area contributed by atoms with E-state index >= 15 is 0 Å². The van der Waals surface area contributed by atoms with E-state index in [0.717, 1.165) is 9.86 Å². The molecule has 0 aliphatic carbocycles. The fourth-order valence-electron chi connectivity index (χ4n) is 5.44. The lowest BCUT2D eigenvalue weighted by Crippen LogP contribution is -2.38. The Kier molecular flexibility index (Phi) is 9.15. The Labute approximate surface area is 262 Å². The third-order valence-electron chi connectivity index (χ3n) is 7.37. The third kappa shape index (κ3) is 6.67. The second-order valence-electron chi connectivity index (χ2n) is 10.9. The van der Waals surface area contributed by atoms with Gasteiger partial charge >= 0.3 is 6.11 Å². The second kappa shape index (κ2) is 12.7. The Morgan fingerprint density at radius 3 is 2.43 bits per heavy atom. The van der Waals surface area contributed by atoms with Crippen LogP contribution in [0.1, 0.15) is 36.0 Å². The highest BCUT2D eigenvalue weighted by Crippen LogP contribution is 2.52. The first-order chi connectivity index (χ1) is 20.9. The van der Waals surface area contributed by atoms with Gasteiger partial charge in [0.15, 0.2) is 11.5 Å². The van der Waals surface area contributed by atoms with Gasteiger partial charge in [-0.1, -0.05) is 28.1 Å². The van der Waals surface area contributed by atoms with Crippen LogP contribution in [-0.4, -0.2) is 74.2 Å². The Bertz CT molecular complexity index is 1650. The summed E-state index contributed by atoms with van der Waals surface area (Å²) in [6, 6.07) is 15.9. The first-order valence-corrected chi connectivity index (χ1v) is 14.7. The highest BCUT2D eigenvalue weighted by atomic mass is 79.9. The number of rotatable bonds is 11. The minimum atomic E-state index is -3.53. The van der Waals surface area contributed by atoms with E-state index in [1.807, 2.05) is 55.4 Å². The number of aromatic nitrogens is 2. The predicted molar refractivity (Wildman–Crippen MR) is 164 cm³/mol. The summed E-state index contributed by atoms with van der Waals surface area (Å²) in [5.41, 5.74) is 0.260. The molecule has 44 heavy (non-hydrogen) atoms. The van der Waals surface area contributed by atoms with Gasteiger partial charge in [0.25, 0.3) is 0 Å². The summed E-state index contributed by atoms with van der Waals surface area (Å²) < 4.78 is 57.1. The molecule has 5 rings (SSSR count). The number of hydrogen-bond donors (Lipinski definition) is 1. The summed E-state index contributed by atoms with van der Waals surface area (Å²) in [5.74, 6) is -0.0683. The Morgan fingerprint density at radius 2 is 1.73 bits per heavy atom. The Balaban J connectivity index is 1.85. The number of benzene rings is 2. The van der Waals surface area contributed by atoms with E-state index in [9.17, 15) is 13.9 Å². The minimum Gasteiger partial charge on any atom is -0.486 e. The number of nitrogens with zero attached hydrogens (tertiary/aromatic N) is 3. The average Bonchev–Trinajstić information content (AvgIpc) is 2.98. The van der Waals surface area contributed by atoms with Crippen LogP contribution in [0.5, 0.6) is 29.1 Å². The number of fused-ring (bicyclic) bond motifs is 2. The van der Waals surface area contributed by atoms with Crippen molar-refractivity contribution in [2.24, 2.45) is 0 Å². The summed E-state index contributed by atoms with van der Waals surface area (Å²) in [5, 5.41) is 13.9. The van der Waals surface area contributed by atoms with Crippen molar-refractivity contribution in [3.63, 3.8) is 0 Å². The number of methoxy groups -OCH3 is 2. The topological polar surface area (TPSA) is 95.4 Å². The van der Waals surface area contributed by atoms with E-state index in [-0.39, 0.29) is 23.7 Å². The van der Waals surface area contributed by atoms with E-state index in [4.69, 9.17) is 28.7 Å². The molecule has 234 valence electrons. The maximum absolute atomic E-state index is 14.1. The minimum absolute atomic E-state index is 0.00835. The van der Waals surface area contributed by atoms with Crippen LogP contribution in [-0.2, 0) is 5.60 Å². The van der Waals surface area contributed by atoms with Crippen molar-refractivity contribution in [2.45, 2.75) is 31.0 Å². The Hall–Kier alpha value is -3.74. The number of ether oxygens (including phenoxy) is 5. The molecular formula is C32H34BrF2N3O6. The largest absolute Gasteiger partial charge is 0.486 e. The fourth-order valence-corrected chi connectivity index (χ4v) is 5.82. The predicted octanol–water partition coefficient (Wildman–Crippen LogP) is 6.14. The molecule has 1 aliphatic rings. The van der Waals surface area contributed by atoms with E-state index < -0.39 is 23.5 Å². The van der Waals surface area contributed by atoms with Crippen molar-refractivity contribution in [2.75, 3.05) is 48.1 Å². The molecule has 1 N–H and O–H groups in total. The quantitative estimate of drug-likeness (QED) is 0.201. The lowest BCUT2D eigenvalue weighted by molar-refractivity contribution is -0.161. The lowest BCUT2D eigenvalue weighted by Gasteiger charge is -2.40. The molecule has 0 spiro atoms. The van der Waals surface area contributed by atoms with E-state index in [1.54, 1.807) is 6.07 Å². The van der Waals surface area contributed by atoms with Gasteiger partial charge in [-0.2, -0.15) is 13.8 Å². The second-order valence-corrected chi connectivity index (χ2v) is 11.8. The smallest absolute Gasteiger partial charge is 0.396 e. The number of alkyl halides is 2. The van der Waals surface area contributed by atoms with Crippen LogP contribution in [0.25, 0.3) is 10.9 Å².